The lowest BCUT2D eigenvalue weighted by molar-refractivity contribution is -0.328. The maximum absolute atomic E-state index is 13.8. The first-order valence-corrected chi connectivity index (χ1v) is 7.63. The van der Waals surface area contributed by atoms with Crippen molar-refractivity contribution in [2.24, 2.45) is 28.7 Å². The highest BCUT2D eigenvalue weighted by molar-refractivity contribution is 5.05. The molecule has 0 aromatic carbocycles. The Bertz CT molecular complexity index is 386. The van der Waals surface area contributed by atoms with E-state index < -0.39 is 48.5 Å². The third-order valence-electron chi connectivity index (χ3n) is 5.51. The van der Waals surface area contributed by atoms with Gasteiger partial charge >= 0.3 is 12.4 Å². The molecule has 2 saturated carbocycles. The molecule has 0 saturated heterocycles. The van der Waals surface area contributed by atoms with E-state index in [1.807, 2.05) is 0 Å². The van der Waals surface area contributed by atoms with E-state index in [9.17, 15) is 26.3 Å². The van der Waals surface area contributed by atoms with Crippen molar-refractivity contribution in [2.45, 2.75) is 69.4 Å². The molecule has 0 aliphatic heterocycles. The van der Waals surface area contributed by atoms with Crippen molar-refractivity contribution in [1.82, 2.24) is 0 Å². The maximum Gasteiger partial charge on any atom is 0.395 e. The van der Waals surface area contributed by atoms with Gasteiger partial charge in [0.2, 0.25) is 0 Å². The molecular formula is C14H22F6N2. The van der Waals surface area contributed by atoms with Gasteiger partial charge in [-0.3, -0.25) is 0 Å². The summed E-state index contributed by atoms with van der Waals surface area (Å²) >= 11 is 0. The average molecular weight is 332 g/mol. The summed E-state index contributed by atoms with van der Waals surface area (Å²) in [5, 5.41) is 0. The molecule has 3 atom stereocenters. The summed E-state index contributed by atoms with van der Waals surface area (Å²) in [5.74, 6) is -3.44. The van der Waals surface area contributed by atoms with Crippen molar-refractivity contribution in [3.63, 3.8) is 0 Å². The van der Waals surface area contributed by atoms with Crippen molar-refractivity contribution >= 4 is 0 Å². The molecule has 0 bridgehead atoms. The monoisotopic (exact) mass is 332 g/mol. The van der Waals surface area contributed by atoms with Crippen molar-refractivity contribution in [2.75, 3.05) is 0 Å². The summed E-state index contributed by atoms with van der Waals surface area (Å²) in [4.78, 5) is 0. The normalized spacial score (nSPS) is 41.5. The van der Waals surface area contributed by atoms with Gasteiger partial charge in [-0.1, -0.05) is 0 Å². The van der Waals surface area contributed by atoms with Crippen LogP contribution in [0.25, 0.3) is 0 Å². The van der Waals surface area contributed by atoms with Crippen LogP contribution in [0.2, 0.25) is 0 Å². The van der Waals surface area contributed by atoms with Gasteiger partial charge in [0.25, 0.3) is 0 Å². The van der Waals surface area contributed by atoms with Crippen molar-refractivity contribution in [3.8, 4) is 0 Å². The Morgan fingerprint density at radius 2 is 1.32 bits per heavy atom. The Morgan fingerprint density at radius 1 is 0.773 bits per heavy atom. The van der Waals surface area contributed by atoms with E-state index in [0.29, 0.717) is 12.8 Å². The molecule has 3 unspecified atom stereocenters. The van der Waals surface area contributed by atoms with Crippen LogP contribution in [0.4, 0.5) is 26.3 Å². The molecule has 0 heterocycles. The predicted molar refractivity (Wildman–Crippen MR) is 69.8 cm³/mol. The Kier molecular flexibility index (Phi) is 4.75. The van der Waals surface area contributed by atoms with Gasteiger partial charge < -0.3 is 11.5 Å². The largest absolute Gasteiger partial charge is 0.395 e. The molecule has 0 amide bonds. The van der Waals surface area contributed by atoms with Gasteiger partial charge in [-0.05, 0) is 50.9 Å². The van der Waals surface area contributed by atoms with Crippen LogP contribution in [-0.4, -0.2) is 24.4 Å². The number of halogens is 6. The zero-order valence-electron chi connectivity index (χ0n) is 12.2. The standard InChI is InChI=1S/C14H22F6N2/c15-13(16,17)11-7-10(22)5-6-12(11,14(18,19)20)8-1-3-9(21)4-2-8/h8-11H,1-7,21-22H2. The van der Waals surface area contributed by atoms with Crippen LogP contribution < -0.4 is 11.5 Å². The van der Waals surface area contributed by atoms with Crippen LogP contribution in [0.3, 0.4) is 0 Å². The van der Waals surface area contributed by atoms with Crippen molar-refractivity contribution in [3.05, 3.63) is 0 Å². The van der Waals surface area contributed by atoms with Gasteiger partial charge in [0.15, 0.2) is 0 Å². The summed E-state index contributed by atoms with van der Waals surface area (Å²) in [6.07, 6.45) is -10.1. The van der Waals surface area contributed by atoms with Crippen molar-refractivity contribution < 1.29 is 26.3 Å². The predicted octanol–water partition coefficient (Wildman–Crippen LogP) is 3.74. The number of nitrogens with two attached hydrogens (primary N) is 2. The van der Waals surface area contributed by atoms with Crippen LogP contribution in [0.1, 0.15) is 44.9 Å². The highest BCUT2D eigenvalue weighted by Crippen LogP contribution is 2.63. The Labute approximate surface area is 125 Å². The fraction of sp³-hybridized carbons (Fsp3) is 1.00. The lowest BCUT2D eigenvalue weighted by atomic mass is 9.55. The van der Waals surface area contributed by atoms with Gasteiger partial charge in [0.1, 0.15) is 0 Å². The molecule has 0 radical (unpaired) electrons. The molecule has 4 N–H and O–H groups in total. The van der Waals surface area contributed by atoms with Gasteiger partial charge in [-0.2, -0.15) is 26.3 Å². The second kappa shape index (κ2) is 5.85. The summed E-state index contributed by atoms with van der Waals surface area (Å²) in [7, 11) is 0. The molecular weight excluding hydrogens is 310 g/mol. The SMILES string of the molecule is NC1CCC(C2(C(F)(F)F)CCC(N)CC2C(F)(F)F)CC1. The molecule has 2 rings (SSSR count). The highest BCUT2D eigenvalue weighted by atomic mass is 19.4. The van der Waals surface area contributed by atoms with E-state index in [2.05, 4.69) is 0 Å². The minimum absolute atomic E-state index is 0.0192. The third-order valence-corrected chi connectivity index (χ3v) is 5.51. The summed E-state index contributed by atoms with van der Waals surface area (Å²) in [6, 6.07) is -1.04. The van der Waals surface area contributed by atoms with Crippen LogP contribution in [-0.2, 0) is 0 Å². The maximum atomic E-state index is 13.8. The summed E-state index contributed by atoms with van der Waals surface area (Å²) in [6.45, 7) is 0. The molecule has 2 fully saturated rings. The second-order valence-electron chi connectivity index (χ2n) is 6.78. The van der Waals surface area contributed by atoms with Crippen LogP contribution >= 0.6 is 0 Å². The second-order valence-corrected chi connectivity index (χ2v) is 6.78. The van der Waals surface area contributed by atoms with E-state index in [4.69, 9.17) is 11.5 Å². The molecule has 130 valence electrons. The first kappa shape index (κ1) is 17.8. The number of hydrogen-bond donors (Lipinski definition) is 2. The average Bonchev–Trinajstić information content (AvgIpc) is 2.37. The fourth-order valence-electron chi connectivity index (χ4n) is 4.35. The first-order valence-electron chi connectivity index (χ1n) is 7.63. The molecule has 2 aliphatic rings. The van der Waals surface area contributed by atoms with Gasteiger partial charge in [0.05, 0.1) is 11.3 Å². The highest BCUT2D eigenvalue weighted by Gasteiger charge is 2.69. The van der Waals surface area contributed by atoms with Gasteiger partial charge in [-0.25, -0.2) is 0 Å². The number of rotatable bonds is 1. The molecule has 2 aliphatic carbocycles. The molecule has 0 aromatic heterocycles. The Balaban J connectivity index is 2.42. The number of alkyl halides is 6. The van der Waals surface area contributed by atoms with Crippen molar-refractivity contribution in [1.29, 1.82) is 0 Å². The first-order chi connectivity index (χ1) is 9.98. The molecule has 22 heavy (non-hydrogen) atoms. The van der Waals surface area contributed by atoms with Crippen LogP contribution in [0, 0.1) is 17.3 Å². The van der Waals surface area contributed by atoms with E-state index in [0.717, 1.165) is 0 Å². The summed E-state index contributed by atoms with van der Waals surface area (Å²) in [5.41, 5.74) is 8.54. The summed E-state index contributed by atoms with van der Waals surface area (Å²) < 4.78 is 81.6. The minimum atomic E-state index is -4.90. The molecule has 0 aromatic rings. The lowest BCUT2D eigenvalue weighted by Crippen LogP contribution is -2.59. The van der Waals surface area contributed by atoms with E-state index in [1.54, 1.807) is 0 Å². The fourth-order valence-corrected chi connectivity index (χ4v) is 4.35. The van der Waals surface area contributed by atoms with E-state index >= 15 is 0 Å². The lowest BCUT2D eigenvalue weighted by Gasteiger charge is -2.52. The zero-order chi connectivity index (χ0) is 16.8. The minimum Gasteiger partial charge on any atom is -0.328 e. The molecule has 0 spiro atoms. The molecule has 8 heteroatoms. The Hall–Kier alpha value is -0.500. The topological polar surface area (TPSA) is 52.0 Å². The third kappa shape index (κ3) is 3.09. The molecule has 2 nitrogen and oxygen atoms in total. The van der Waals surface area contributed by atoms with Gasteiger partial charge in [-0.15, -0.1) is 0 Å². The van der Waals surface area contributed by atoms with E-state index in [1.165, 1.54) is 0 Å². The smallest absolute Gasteiger partial charge is 0.328 e. The quantitative estimate of drug-likeness (QED) is 0.719. The van der Waals surface area contributed by atoms with E-state index in [-0.39, 0.29) is 25.3 Å². The number of hydrogen-bond acceptors (Lipinski definition) is 2. The van der Waals surface area contributed by atoms with Gasteiger partial charge in [0, 0.05) is 12.1 Å². The zero-order valence-corrected chi connectivity index (χ0v) is 12.2. The van der Waals surface area contributed by atoms with Crippen LogP contribution in [0.5, 0.6) is 0 Å². The Morgan fingerprint density at radius 3 is 1.77 bits per heavy atom. The van der Waals surface area contributed by atoms with Crippen LogP contribution in [0.15, 0.2) is 0 Å².